The van der Waals surface area contributed by atoms with Gasteiger partial charge in [0.1, 0.15) is 0 Å². The maximum absolute atomic E-state index is 5.71. The van der Waals surface area contributed by atoms with Crippen LogP contribution in [0.5, 0.6) is 0 Å². The van der Waals surface area contributed by atoms with Crippen molar-refractivity contribution in [1.29, 1.82) is 0 Å². The molecular formula is C11H22ClN4. The fourth-order valence-corrected chi connectivity index (χ4v) is 2.52. The van der Waals surface area contributed by atoms with Gasteiger partial charge in [-0.3, -0.25) is 4.90 Å². The Kier molecular flexibility index (Phi) is 5.32. The molecule has 2 aliphatic heterocycles. The van der Waals surface area contributed by atoms with Crippen molar-refractivity contribution in [2.75, 3.05) is 58.2 Å². The highest BCUT2D eigenvalue weighted by Gasteiger charge is 2.25. The molecule has 2 aliphatic rings. The zero-order chi connectivity index (χ0) is 11.2. The highest BCUT2D eigenvalue weighted by molar-refractivity contribution is 6.17. The summed E-state index contributed by atoms with van der Waals surface area (Å²) < 4.78 is 0. The number of alkyl halides is 1. The lowest BCUT2D eigenvalue weighted by Crippen LogP contribution is -2.58. The summed E-state index contributed by atoms with van der Waals surface area (Å²) in [6.45, 7) is 8.84. The highest BCUT2D eigenvalue weighted by atomic mass is 35.5. The Hall–Kier alpha value is 0.130. The third-order valence-electron chi connectivity index (χ3n) is 3.39. The molecule has 1 unspecified atom stereocenters. The van der Waals surface area contributed by atoms with Crippen LogP contribution in [0.1, 0.15) is 6.42 Å². The third-order valence-corrected chi connectivity index (χ3v) is 3.66. The van der Waals surface area contributed by atoms with Gasteiger partial charge in [-0.25, -0.2) is 5.32 Å². The minimum atomic E-state index is 0.420. The maximum Gasteiger partial charge on any atom is 0.0888 e. The predicted molar refractivity (Wildman–Crippen MR) is 67.0 cm³/mol. The van der Waals surface area contributed by atoms with Crippen LogP contribution in [0, 0.1) is 0 Å². The maximum atomic E-state index is 5.71. The number of halogens is 1. The first-order chi connectivity index (χ1) is 7.90. The first-order valence-corrected chi connectivity index (χ1v) is 6.83. The van der Waals surface area contributed by atoms with Gasteiger partial charge in [0.25, 0.3) is 0 Å². The van der Waals surface area contributed by atoms with Gasteiger partial charge in [0, 0.05) is 51.7 Å². The van der Waals surface area contributed by atoms with Crippen LogP contribution in [0.25, 0.3) is 0 Å². The number of hydrogen-bond donors (Lipinski definition) is 1. The molecule has 1 radical (unpaired) electrons. The van der Waals surface area contributed by atoms with Crippen LogP contribution in [-0.2, 0) is 0 Å². The third kappa shape index (κ3) is 3.57. The molecule has 0 amide bonds. The Balaban J connectivity index is 1.67. The number of rotatable bonds is 4. The second kappa shape index (κ2) is 6.77. The molecule has 0 aromatic carbocycles. The lowest BCUT2D eigenvalue weighted by molar-refractivity contribution is 0.0725. The van der Waals surface area contributed by atoms with Crippen LogP contribution in [0.15, 0.2) is 0 Å². The predicted octanol–water partition coefficient (Wildman–Crippen LogP) is -0.233. The fourth-order valence-electron chi connectivity index (χ4n) is 2.40. The number of piperazine rings is 2. The monoisotopic (exact) mass is 245 g/mol. The average Bonchev–Trinajstić information content (AvgIpc) is 2.38. The van der Waals surface area contributed by atoms with Crippen LogP contribution in [0.4, 0.5) is 0 Å². The van der Waals surface area contributed by atoms with Crippen LogP contribution in [0.2, 0.25) is 0 Å². The Labute approximate surface area is 103 Å². The van der Waals surface area contributed by atoms with Crippen molar-refractivity contribution < 1.29 is 0 Å². The number of nitrogens with zero attached hydrogens (tertiary/aromatic N) is 3. The zero-order valence-electron chi connectivity index (χ0n) is 9.87. The number of hydrogen-bond acceptors (Lipinski definition) is 3. The summed E-state index contributed by atoms with van der Waals surface area (Å²) in [6, 6.07) is 0. The van der Waals surface area contributed by atoms with Gasteiger partial charge in [-0.05, 0) is 13.0 Å². The molecule has 0 saturated carbocycles. The summed E-state index contributed by atoms with van der Waals surface area (Å²) in [5, 5.41) is 8.08. The summed E-state index contributed by atoms with van der Waals surface area (Å²) in [6.07, 6.45) is 1.53. The lowest BCUT2D eigenvalue weighted by atomic mass is 10.2. The SMILES string of the molecule is ClCCCN1CCN(C2CNCC[N]2)CC1. The van der Waals surface area contributed by atoms with Crippen LogP contribution >= 0.6 is 11.6 Å². The van der Waals surface area contributed by atoms with E-state index in [2.05, 4.69) is 20.4 Å². The molecule has 2 fully saturated rings. The van der Waals surface area contributed by atoms with Crippen molar-refractivity contribution in [3.05, 3.63) is 0 Å². The van der Waals surface area contributed by atoms with Crippen molar-refractivity contribution in [3.8, 4) is 0 Å². The van der Waals surface area contributed by atoms with E-state index < -0.39 is 0 Å². The molecule has 0 aromatic heterocycles. The van der Waals surface area contributed by atoms with Crippen molar-refractivity contribution in [1.82, 2.24) is 20.4 Å². The van der Waals surface area contributed by atoms with Crippen molar-refractivity contribution in [3.63, 3.8) is 0 Å². The van der Waals surface area contributed by atoms with Crippen molar-refractivity contribution in [2.45, 2.75) is 12.6 Å². The van der Waals surface area contributed by atoms with E-state index in [-0.39, 0.29) is 0 Å². The molecule has 4 nitrogen and oxygen atoms in total. The molecule has 2 heterocycles. The van der Waals surface area contributed by atoms with E-state index in [0.717, 1.165) is 51.6 Å². The van der Waals surface area contributed by atoms with Crippen molar-refractivity contribution >= 4 is 11.6 Å². The molecule has 2 saturated heterocycles. The Morgan fingerprint density at radius 2 is 2.06 bits per heavy atom. The minimum Gasteiger partial charge on any atom is -0.312 e. The quantitative estimate of drug-likeness (QED) is 0.695. The van der Waals surface area contributed by atoms with Crippen LogP contribution in [0.3, 0.4) is 0 Å². The molecule has 0 bridgehead atoms. The molecule has 93 valence electrons. The van der Waals surface area contributed by atoms with Crippen LogP contribution < -0.4 is 10.6 Å². The van der Waals surface area contributed by atoms with Gasteiger partial charge in [-0.15, -0.1) is 11.6 Å². The molecule has 1 N–H and O–H groups in total. The second-order valence-corrected chi connectivity index (χ2v) is 4.89. The minimum absolute atomic E-state index is 0.420. The van der Waals surface area contributed by atoms with E-state index in [1.807, 2.05) is 0 Å². The van der Waals surface area contributed by atoms with Gasteiger partial charge in [-0.2, -0.15) is 0 Å². The first kappa shape index (κ1) is 12.6. The molecule has 1 atom stereocenters. The van der Waals surface area contributed by atoms with Gasteiger partial charge in [-0.1, -0.05) is 0 Å². The average molecular weight is 246 g/mol. The van der Waals surface area contributed by atoms with E-state index in [1.165, 1.54) is 13.1 Å². The molecule has 0 aromatic rings. The fraction of sp³-hybridized carbons (Fsp3) is 1.00. The van der Waals surface area contributed by atoms with Gasteiger partial charge in [0.2, 0.25) is 0 Å². The standard InChI is InChI=1S/C11H22ClN4/c12-2-1-5-15-6-8-16(9-7-15)11-10-13-3-4-14-11/h11,13H,1-10H2. The number of nitrogens with one attached hydrogen (secondary N) is 1. The van der Waals surface area contributed by atoms with Crippen LogP contribution in [-0.4, -0.2) is 74.2 Å². The van der Waals surface area contributed by atoms with Gasteiger partial charge >= 0.3 is 0 Å². The summed E-state index contributed by atoms with van der Waals surface area (Å²) in [7, 11) is 0. The van der Waals surface area contributed by atoms with E-state index in [4.69, 9.17) is 11.6 Å². The smallest absolute Gasteiger partial charge is 0.0888 e. The second-order valence-electron chi connectivity index (χ2n) is 4.51. The molecular weight excluding hydrogens is 224 g/mol. The Morgan fingerprint density at radius 3 is 2.69 bits per heavy atom. The lowest BCUT2D eigenvalue weighted by Gasteiger charge is -2.40. The summed E-state index contributed by atoms with van der Waals surface area (Å²) in [5.74, 6) is 0.780. The first-order valence-electron chi connectivity index (χ1n) is 6.30. The molecule has 2 rings (SSSR count). The topological polar surface area (TPSA) is 32.6 Å². The van der Waals surface area contributed by atoms with Crippen molar-refractivity contribution in [2.24, 2.45) is 0 Å². The Bertz CT molecular complexity index is 188. The van der Waals surface area contributed by atoms with E-state index in [9.17, 15) is 0 Å². The summed E-state index contributed by atoms with van der Waals surface area (Å²) in [5.41, 5.74) is 0. The summed E-state index contributed by atoms with van der Waals surface area (Å²) in [4.78, 5) is 5.01. The van der Waals surface area contributed by atoms with Gasteiger partial charge in [0.15, 0.2) is 0 Å². The Morgan fingerprint density at radius 1 is 1.25 bits per heavy atom. The van der Waals surface area contributed by atoms with E-state index >= 15 is 0 Å². The molecule has 5 heteroatoms. The van der Waals surface area contributed by atoms with Gasteiger partial charge < -0.3 is 10.2 Å². The van der Waals surface area contributed by atoms with Gasteiger partial charge in [0.05, 0.1) is 6.17 Å². The van der Waals surface area contributed by atoms with E-state index in [0.29, 0.717) is 6.17 Å². The largest absolute Gasteiger partial charge is 0.312 e. The normalized spacial score (nSPS) is 29.4. The van der Waals surface area contributed by atoms with E-state index in [1.54, 1.807) is 0 Å². The molecule has 0 aliphatic carbocycles. The molecule has 0 spiro atoms. The summed E-state index contributed by atoms with van der Waals surface area (Å²) >= 11 is 5.71. The highest BCUT2D eigenvalue weighted by Crippen LogP contribution is 2.07. The zero-order valence-corrected chi connectivity index (χ0v) is 10.6. The molecule has 16 heavy (non-hydrogen) atoms.